The van der Waals surface area contributed by atoms with E-state index in [1.165, 1.54) is 0 Å². The Morgan fingerprint density at radius 2 is 2.11 bits per heavy atom. The summed E-state index contributed by atoms with van der Waals surface area (Å²) in [7, 11) is 0. The van der Waals surface area contributed by atoms with Crippen molar-refractivity contribution in [3.8, 4) is 0 Å². The van der Waals surface area contributed by atoms with Crippen molar-refractivity contribution < 1.29 is 14.6 Å². The van der Waals surface area contributed by atoms with Crippen LogP contribution in [0, 0.1) is 0 Å². The van der Waals surface area contributed by atoms with Crippen molar-refractivity contribution in [3.05, 3.63) is 0 Å². The summed E-state index contributed by atoms with van der Waals surface area (Å²) in [6.07, 6.45) is 1.80. The monoisotopic (exact) mass is 258 g/mol. The first-order chi connectivity index (χ1) is 8.63. The molecule has 0 aromatic rings. The smallest absolute Gasteiger partial charge is 0.224 e. The molecule has 0 radical (unpaired) electrons. The van der Waals surface area contributed by atoms with Crippen LogP contribution in [0.1, 0.15) is 33.1 Å². The maximum absolute atomic E-state index is 11.9. The molecule has 18 heavy (non-hydrogen) atoms. The van der Waals surface area contributed by atoms with Crippen LogP contribution in [0.2, 0.25) is 0 Å². The Bertz CT molecular complexity index is 242. The van der Waals surface area contributed by atoms with Crippen molar-refractivity contribution in [3.63, 3.8) is 0 Å². The minimum Gasteiger partial charge on any atom is -0.393 e. The van der Waals surface area contributed by atoms with Crippen LogP contribution in [-0.2, 0) is 9.53 Å². The van der Waals surface area contributed by atoms with E-state index in [9.17, 15) is 9.90 Å². The Balaban J connectivity index is 2.14. The van der Waals surface area contributed by atoms with Gasteiger partial charge in [-0.2, -0.15) is 0 Å². The lowest BCUT2D eigenvalue weighted by atomic mass is 10.1. The first-order valence-corrected chi connectivity index (χ1v) is 6.90. The van der Waals surface area contributed by atoms with Crippen LogP contribution in [0.3, 0.4) is 0 Å². The largest absolute Gasteiger partial charge is 0.393 e. The van der Waals surface area contributed by atoms with E-state index < -0.39 is 0 Å². The zero-order valence-corrected chi connectivity index (χ0v) is 11.5. The highest BCUT2D eigenvalue weighted by Gasteiger charge is 2.18. The molecule has 0 aromatic carbocycles. The fourth-order valence-electron chi connectivity index (χ4n) is 1.98. The number of aliphatic hydroxyl groups is 1. The molecular weight excluding hydrogens is 232 g/mol. The van der Waals surface area contributed by atoms with Crippen molar-refractivity contribution in [1.82, 2.24) is 10.2 Å². The Morgan fingerprint density at radius 3 is 2.72 bits per heavy atom. The van der Waals surface area contributed by atoms with Gasteiger partial charge in [-0.1, -0.05) is 6.92 Å². The molecule has 106 valence electrons. The van der Waals surface area contributed by atoms with E-state index in [1.54, 1.807) is 0 Å². The molecule has 2 unspecified atom stereocenters. The molecule has 1 aliphatic rings. The van der Waals surface area contributed by atoms with Gasteiger partial charge in [-0.25, -0.2) is 0 Å². The van der Waals surface area contributed by atoms with Gasteiger partial charge in [-0.05, 0) is 26.3 Å². The molecule has 1 fully saturated rings. The van der Waals surface area contributed by atoms with Crippen LogP contribution in [0.5, 0.6) is 0 Å². The van der Waals surface area contributed by atoms with E-state index in [2.05, 4.69) is 5.32 Å². The Labute approximate surface area is 109 Å². The summed E-state index contributed by atoms with van der Waals surface area (Å²) in [5, 5.41) is 12.7. The minimum absolute atomic E-state index is 0.157. The number of hydrogen-bond donors (Lipinski definition) is 2. The summed E-state index contributed by atoms with van der Waals surface area (Å²) in [4.78, 5) is 13.8. The van der Waals surface area contributed by atoms with Gasteiger partial charge in [-0.3, -0.25) is 4.79 Å². The predicted molar refractivity (Wildman–Crippen MR) is 70.4 cm³/mol. The lowest BCUT2D eigenvalue weighted by Crippen LogP contribution is -2.43. The lowest BCUT2D eigenvalue weighted by Gasteiger charge is -2.28. The number of carbonyl (C=O) groups is 1. The highest BCUT2D eigenvalue weighted by Crippen LogP contribution is 2.03. The molecule has 0 bridgehead atoms. The third-order valence-electron chi connectivity index (χ3n) is 3.29. The maximum Gasteiger partial charge on any atom is 0.224 e. The normalized spacial score (nSPS) is 19.6. The van der Waals surface area contributed by atoms with E-state index in [4.69, 9.17) is 4.74 Å². The Hall–Kier alpha value is -0.650. The van der Waals surface area contributed by atoms with Crippen molar-refractivity contribution in [1.29, 1.82) is 0 Å². The molecule has 2 N–H and O–H groups in total. The van der Waals surface area contributed by atoms with Gasteiger partial charge in [0.2, 0.25) is 5.91 Å². The van der Waals surface area contributed by atoms with Crippen molar-refractivity contribution in [2.75, 3.05) is 32.8 Å². The van der Waals surface area contributed by atoms with Gasteiger partial charge in [0.1, 0.15) is 0 Å². The van der Waals surface area contributed by atoms with Crippen LogP contribution in [0.25, 0.3) is 0 Å². The number of morpholine rings is 1. The van der Waals surface area contributed by atoms with Crippen LogP contribution >= 0.6 is 0 Å². The molecule has 0 aromatic heterocycles. The van der Waals surface area contributed by atoms with Gasteiger partial charge in [0, 0.05) is 25.6 Å². The van der Waals surface area contributed by atoms with Gasteiger partial charge in [0.25, 0.3) is 0 Å². The average molecular weight is 258 g/mol. The van der Waals surface area contributed by atoms with E-state index in [0.717, 1.165) is 19.4 Å². The first kappa shape index (κ1) is 15.4. The second-order valence-electron chi connectivity index (χ2n) is 4.90. The van der Waals surface area contributed by atoms with E-state index in [0.29, 0.717) is 32.7 Å². The van der Waals surface area contributed by atoms with Crippen LogP contribution < -0.4 is 5.32 Å². The summed E-state index contributed by atoms with van der Waals surface area (Å²) in [6, 6.07) is 0.157. The highest BCUT2D eigenvalue weighted by atomic mass is 16.5. The van der Waals surface area contributed by atoms with E-state index >= 15 is 0 Å². The fraction of sp³-hybridized carbons (Fsp3) is 0.923. The number of ether oxygens (including phenoxy) is 1. The summed E-state index contributed by atoms with van der Waals surface area (Å²) in [5.74, 6) is 0.189. The second kappa shape index (κ2) is 8.45. The molecule has 1 heterocycles. The van der Waals surface area contributed by atoms with Gasteiger partial charge in [-0.15, -0.1) is 0 Å². The van der Waals surface area contributed by atoms with Crippen molar-refractivity contribution >= 4 is 5.91 Å². The minimum atomic E-state index is -0.236. The molecule has 5 nitrogen and oxygen atoms in total. The molecule has 2 atom stereocenters. The number of nitrogens with zero attached hydrogens (tertiary/aromatic N) is 1. The third kappa shape index (κ3) is 5.80. The topological polar surface area (TPSA) is 61.8 Å². The first-order valence-electron chi connectivity index (χ1n) is 6.90. The number of carbonyl (C=O) groups excluding carboxylic acids is 1. The number of hydrogen-bond acceptors (Lipinski definition) is 4. The van der Waals surface area contributed by atoms with Crippen molar-refractivity contribution in [2.24, 2.45) is 0 Å². The molecule has 1 rings (SSSR count). The maximum atomic E-state index is 11.9. The Kier molecular flexibility index (Phi) is 7.23. The number of amides is 1. The molecule has 1 saturated heterocycles. The van der Waals surface area contributed by atoms with Crippen LogP contribution in [0.15, 0.2) is 0 Å². The fourth-order valence-corrected chi connectivity index (χ4v) is 1.98. The van der Waals surface area contributed by atoms with E-state index in [-0.39, 0.29) is 18.1 Å². The number of nitrogens with one attached hydrogen (secondary N) is 1. The number of rotatable bonds is 7. The van der Waals surface area contributed by atoms with Gasteiger partial charge in [0.15, 0.2) is 0 Å². The van der Waals surface area contributed by atoms with E-state index in [1.807, 2.05) is 18.7 Å². The zero-order valence-electron chi connectivity index (χ0n) is 11.5. The Morgan fingerprint density at radius 1 is 1.44 bits per heavy atom. The van der Waals surface area contributed by atoms with Crippen LogP contribution in [0.4, 0.5) is 0 Å². The molecular formula is C13H26N2O3. The predicted octanol–water partition coefficient (Wildman–Crippen LogP) is 0.374. The summed E-state index contributed by atoms with van der Waals surface area (Å²) in [6.45, 7) is 7.45. The lowest BCUT2D eigenvalue weighted by molar-refractivity contribution is -0.135. The zero-order chi connectivity index (χ0) is 13.4. The van der Waals surface area contributed by atoms with Gasteiger partial charge >= 0.3 is 0 Å². The molecule has 1 aliphatic heterocycles. The van der Waals surface area contributed by atoms with Gasteiger partial charge < -0.3 is 20.1 Å². The van der Waals surface area contributed by atoms with Gasteiger partial charge in [0.05, 0.1) is 19.3 Å². The highest BCUT2D eigenvalue weighted by molar-refractivity contribution is 5.76. The second-order valence-corrected chi connectivity index (χ2v) is 4.90. The molecule has 0 spiro atoms. The quantitative estimate of drug-likeness (QED) is 0.693. The van der Waals surface area contributed by atoms with Crippen LogP contribution in [-0.4, -0.2) is 60.9 Å². The molecule has 0 saturated carbocycles. The summed E-state index contributed by atoms with van der Waals surface area (Å²) in [5.41, 5.74) is 0. The van der Waals surface area contributed by atoms with Crippen molar-refractivity contribution in [2.45, 2.75) is 45.3 Å². The molecule has 5 heteroatoms. The summed E-state index contributed by atoms with van der Waals surface area (Å²) < 4.78 is 5.22. The summed E-state index contributed by atoms with van der Waals surface area (Å²) >= 11 is 0. The third-order valence-corrected chi connectivity index (χ3v) is 3.29. The average Bonchev–Trinajstić information content (AvgIpc) is 2.39. The molecule has 0 aliphatic carbocycles. The molecule has 1 amide bonds. The SMILES string of the molecule is CCC(O)CCNC(C)CC(=O)N1CCOCC1. The number of aliphatic hydroxyl groups excluding tert-OH is 1. The standard InChI is InChI=1S/C13H26N2O3/c1-3-12(16)4-5-14-11(2)10-13(17)15-6-8-18-9-7-15/h11-12,14,16H,3-10H2,1-2H3.